The molecule has 5 N–H and O–H groups in total. The molecule has 0 radical (unpaired) electrons. The lowest BCUT2D eigenvalue weighted by atomic mass is 10.2. The second kappa shape index (κ2) is 7.10. The van der Waals surface area contributed by atoms with E-state index in [-0.39, 0.29) is 18.4 Å². The molecule has 0 bridgehead atoms. The summed E-state index contributed by atoms with van der Waals surface area (Å²) in [7, 11) is 0. The first-order valence-corrected chi connectivity index (χ1v) is 5.75. The highest BCUT2D eigenvalue weighted by atomic mass is 19.4. The Labute approximate surface area is 108 Å². The van der Waals surface area contributed by atoms with Gasteiger partial charge in [-0.15, -0.1) is 0 Å². The van der Waals surface area contributed by atoms with Crippen LogP contribution in [0.5, 0.6) is 0 Å². The average Bonchev–Trinajstić information content (AvgIpc) is 2.37. The van der Waals surface area contributed by atoms with E-state index < -0.39 is 11.9 Å². The fourth-order valence-corrected chi connectivity index (χ4v) is 1.38. The number of nitrogens with two attached hydrogens (primary N) is 1. The summed E-state index contributed by atoms with van der Waals surface area (Å²) < 4.78 is 37.7. The maximum Gasteiger partial charge on any atom is 0.433 e. The number of hydrazine groups is 1. The largest absolute Gasteiger partial charge is 0.433 e. The number of nitrogen functional groups attached to an aromatic ring is 1. The van der Waals surface area contributed by atoms with Crippen LogP contribution in [-0.2, 0) is 6.18 Å². The predicted molar refractivity (Wildman–Crippen MR) is 64.3 cm³/mol. The molecule has 1 aromatic rings. The zero-order valence-corrected chi connectivity index (χ0v) is 10.2. The highest BCUT2D eigenvalue weighted by Gasteiger charge is 2.33. The maximum absolute atomic E-state index is 12.6. The van der Waals surface area contributed by atoms with Crippen molar-refractivity contribution in [3.05, 3.63) is 11.8 Å². The van der Waals surface area contributed by atoms with Gasteiger partial charge >= 0.3 is 6.18 Å². The molecule has 0 aliphatic carbocycles. The molecule has 0 spiro atoms. The van der Waals surface area contributed by atoms with Crippen molar-refractivity contribution in [3.8, 4) is 0 Å². The van der Waals surface area contributed by atoms with Crippen molar-refractivity contribution in [3.63, 3.8) is 0 Å². The van der Waals surface area contributed by atoms with Crippen LogP contribution in [0.15, 0.2) is 6.07 Å². The quantitative estimate of drug-likeness (QED) is 0.342. The van der Waals surface area contributed by atoms with E-state index in [1.807, 2.05) is 5.43 Å². The van der Waals surface area contributed by atoms with E-state index in [1.165, 1.54) is 0 Å². The van der Waals surface area contributed by atoms with E-state index >= 15 is 0 Å². The van der Waals surface area contributed by atoms with E-state index in [0.717, 1.165) is 18.9 Å². The van der Waals surface area contributed by atoms with Crippen LogP contribution in [0.3, 0.4) is 0 Å². The molecule has 0 saturated heterocycles. The van der Waals surface area contributed by atoms with Gasteiger partial charge in [0.2, 0.25) is 5.95 Å². The number of alkyl halides is 3. The lowest BCUT2D eigenvalue weighted by Crippen LogP contribution is -2.17. The molecular weight excluding hydrogens is 263 g/mol. The first-order valence-electron chi connectivity index (χ1n) is 5.75. The van der Waals surface area contributed by atoms with Crippen LogP contribution in [0, 0.1) is 0 Å². The number of aromatic nitrogens is 2. The Hall–Kier alpha value is -1.61. The SMILES string of the molecule is NNc1nc(NCCCCCO)cc(C(F)(F)F)n1. The van der Waals surface area contributed by atoms with Crippen molar-refractivity contribution in [2.45, 2.75) is 25.4 Å². The number of hydrogen-bond donors (Lipinski definition) is 4. The van der Waals surface area contributed by atoms with Crippen LogP contribution >= 0.6 is 0 Å². The van der Waals surface area contributed by atoms with Crippen LogP contribution in [-0.4, -0.2) is 28.2 Å². The molecule has 0 unspecified atom stereocenters. The molecule has 19 heavy (non-hydrogen) atoms. The van der Waals surface area contributed by atoms with E-state index in [9.17, 15) is 13.2 Å². The van der Waals surface area contributed by atoms with E-state index in [0.29, 0.717) is 13.0 Å². The minimum Gasteiger partial charge on any atom is -0.396 e. The molecule has 0 aromatic carbocycles. The van der Waals surface area contributed by atoms with Gasteiger partial charge < -0.3 is 10.4 Å². The summed E-state index contributed by atoms with van der Waals surface area (Å²) in [6.45, 7) is 0.561. The number of nitrogens with one attached hydrogen (secondary N) is 2. The van der Waals surface area contributed by atoms with Gasteiger partial charge in [-0.25, -0.2) is 10.8 Å². The Morgan fingerprint density at radius 2 is 1.95 bits per heavy atom. The monoisotopic (exact) mass is 279 g/mol. The fourth-order valence-electron chi connectivity index (χ4n) is 1.38. The molecule has 0 aliphatic heterocycles. The first kappa shape index (κ1) is 15.4. The molecule has 1 heterocycles. The minimum atomic E-state index is -4.55. The summed E-state index contributed by atoms with van der Waals surface area (Å²) in [5.74, 6) is 4.78. The summed E-state index contributed by atoms with van der Waals surface area (Å²) in [5, 5.41) is 11.4. The number of hydrogen-bond acceptors (Lipinski definition) is 6. The predicted octanol–water partition coefficient (Wildman–Crippen LogP) is 1.36. The topological polar surface area (TPSA) is 96.1 Å². The molecule has 6 nitrogen and oxygen atoms in total. The second-order valence-corrected chi connectivity index (χ2v) is 3.82. The van der Waals surface area contributed by atoms with Crippen molar-refractivity contribution in [2.24, 2.45) is 5.84 Å². The highest BCUT2D eigenvalue weighted by Crippen LogP contribution is 2.29. The molecule has 0 fully saturated rings. The number of nitrogens with zero attached hydrogens (tertiary/aromatic N) is 2. The third-order valence-electron chi connectivity index (χ3n) is 2.29. The lowest BCUT2D eigenvalue weighted by molar-refractivity contribution is -0.141. The molecule has 0 saturated carbocycles. The van der Waals surface area contributed by atoms with Gasteiger partial charge in [-0.05, 0) is 19.3 Å². The minimum absolute atomic E-state index is 0.0549. The van der Waals surface area contributed by atoms with Crippen LogP contribution in [0.1, 0.15) is 25.0 Å². The Kier molecular flexibility index (Phi) is 5.77. The maximum atomic E-state index is 12.6. The number of unbranched alkanes of at least 4 members (excludes halogenated alkanes) is 2. The van der Waals surface area contributed by atoms with Crippen LogP contribution in [0.4, 0.5) is 24.9 Å². The number of anilines is 2. The highest BCUT2D eigenvalue weighted by molar-refractivity contribution is 5.42. The number of halogens is 3. The van der Waals surface area contributed by atoms with Crippen molar-refractivity contribution < 1.29 is 18.3 Å². The Balaban J connectivity index is 2.67. The van der Waals surface area contributed by atoms with Gasteiger partial charge in [0.15, 0.2) is 5.69 Å². The summed E-state index contributed by atoms with van der Waals surface area (Å²) in [4.78, 5) is 7.01. The number of rotatable bonds is 7. The van der Waals surface area contributed by atoms with E-state index in [1.54, 1.807) is 0 Å². The standard InChI is InChI=1S/C10H16F3N5O/c11-10(12,13)7-6-8(17-9(16-7)18-14)15-4-2-1-3-5-19/h6,19H,1-5,14H2,(H2,15,16,17,18). The molecule has 1 aromatic heterocycles. The van der Waals surface area contributed by atoms with Crippen LogP contribution in [0.25, 0.3) is 0 Å². The van der Waals surface area contributed by atoms with Crippen molar-refractivity contribution in [1.82, 2.24) is 9.97 Å². The van der Waals surface area contributed by atoms with Crippen molar-refractivity contribution >= 4 is 11.8 Å². The molecule has 0 atom stereocenters. The molecule has 0 aliphatic rings. The van der Waals surface area contributed by atoms with Crippen LogP contribution in [0.2, 0.25) is 0 Å². The van der Waals surface area contributed by atoms with Crippen molar-refractivity contribution in [2.75, 3.05) is 23.9 Å². The third kappa shape index (κ3) is 5.26. The summed E-state index contributed by atoms with van der Waals surface area (Å²) in [6, 6.07) is 0.826. The molecule has 108 valence electrons. The second-order valence-electron chi connectivity index (χ2n) is 3.82. The average molecular weight is 279 g/mol. The van der Waals surface area contributed by atoms with Gasteiger partial charge in [0, 0.05) is 19.2 Å². The molecule has 0 amide bonds. The molecular formula is C10H16F3N5O. The Bertz CT molecular complexity index is 399. The van der Waals surface area contributed by atoms with Crippen molar-refractivity contribution in [1.29, 1.82) is 0 Å². The van der Waals surface area contributed by atoms with Gasteiger partial charge in [0.05, 0.1) is 0 Å². The van der Waals surface area contributed by atoms with Gasteiger partial charge in [-0.2, -0.15) is 18.2 Å². The Morgan fingerprint density at radius 1 is 1.21 bits per heavy atom. The van der Waals surface area contributed by atoms with Gasteiger partial charge in [-0.3, -0.25) is 5.43 Å². The number of aliphatic hydroxyl groups is 1. The first-order chi connectivity index (χ1) is 8.97. The molecule has 9 heteroatoms. The van der Waals surface area contributed by atoms with Gasteiger partial charge in [0.1, 0.15) is 5.82 Å². The smallest absolute Gasteiger partial charge is 0.396 e. The van der Waals surface area contributed by atoms with Crippen LogP contribution < -0.4 is 16.6 Å². The summed E-state index contributed by atoms with van der Waals surface area (Å²) in [6.07, 6.45) is -2.39. The zero-order chi connectivity index (χ0) is 14.3. The zero-order valence-electron chi connectivity index (χ0n) is 10.2. The van der Waals surface area contributed by atoms with Gasteiger partial charge in [-0.1, -0.05) is 0 Å². The fraction of sp³-hybridized carbons (Fsp3) is 0.600. The summed E-state index contributed by atoms with van der Waals surface area (Å²) in [5.41, 5.74) is 0.934. The van der Waals surface area contributed by atoms with E-state index in [4.69, 9.17) is 10.9 Å². The van der Waals surface area contributed by atoms with E-state index in [2.05, 4.69) is 15.3 Å². The Morgan fingerprint density at radius 3 is 2.53 bits per heavy atom. The molecule has 1 rings (SSSR count). The van der Waals surface area contributed by atoms with Gasteiger partial charge in [0.25, 0.3) is 0 Å². The normalized spacial score (nSPS) is 11.4. The lowest BCUT2D eigenvalue weighted by Gasteiger charge is -2.11. The summed E-state index contributed by atoms with van der Waals surface area (Å²) >= 11 is 0. The number of aliphatic hydroxyl groups excluding tert-OH is 1. The third-order valence-corrected chi connectivity index (χ3v) is 2.29.